The molecular formula is C19H23N5O3. The Kier molecular flexibility index (Phi) is 4.10. The molecule has 8 nitrogen and oxygen atoms in total. The molecule has 3 heterocycles. The van der Waals surface area contributed by atoms with Crippen LogP contribution in [0.15, 0.2) is 18.2 Å². The first-order valence-electron chi connectivity index (χ1n) is 9.60. The van der Waals surface area contributed by atoms with Gasteiger partial charge in [-0.2, -0.15) is 5.10 Å². The molecule has 2 aromatic rings. The lowest BCUT2D eigenvalue weighted by Crippen LogP contribution is -2.44. The van der Waals surface area contributed by atoms with Gasteiger partial charge >= 0.3 is 6.03 Å². The Balaban J connectivity index is 1.18. The minimum absolute atomic E-state index is 0.0460. The van der Waals surface area contributed by atoms with E-state index in [1.165, 1.54) is 12.8 Å². The van der Waals surface area contributed by atoms with E-state index in [1.807, 2.05) is 23.1 Å². The van der Waals surface area contributed by atoms with Crippen LogP contribution in [0, 0.1) is 0 Å². The van der Waals surface area contributed by atoms with Crippen molar-refractivity contribution < 1.29 is 14.3 Å². The van der Waals surface area contributed by atoms with E-state index < -0.39 is 0 Å². The van der Waals surface area contributed by atoms with Gasteiger partial charge in [0.2, 0.25) is 6.79 Å². The number of rotatable bonds is 4. The number of hydrogen-bond acceptors (Lipinski definition) is 5. The molecule has 2 fully saturated rings. The fraction of sp³-hybridized carbons (Fsp3) is 0.526. The van der Waals surface area contributed by atoms with Gasteiger partial charge in [0.05, 0.1) is 0 Å². The number of carbonyl (C=O) groups is 1. The maximum absolute atomic E-state index is 12.6. The van der Waals surface area contributed by atoms with Crippen LogP contribution in [0.2, 0.25) is 0 Å². The van der Waals surface area contributed by atoms with Crippen LogP contribution in [0.3, 0.4) is 0 Å². The summed E-state index contributed by atoms with van der Waals surface area (Å²) in [6, 6.07) is 5.69. The number of benzene rings is 1. The highest BCUT2D eigenvalue weighted by molar-refractivity contribution is 5.74. The summed E-state index contributed by atoms with van der Waals surface area (Å²) < 4.78 is 10.7. The first-order valence-corrected chi connectivity index (χ1v) is 9.60. The normalized spacial score (nSPS) is 21.3. The number of aromatic nitrogens is 3. The van der Waals surface area contributed by atoms with Crippen LogP contribution in [0.4, 0.5) is 4.79 Å². The van der Waals surface area contributed by atoms with Crippen molar-refractivity contribution in [2.75, 3.05) is 19.9 Å². The summed E-state index contributed by atoms with van der Waals surface area (Å²) in [4.78, 5) is 19.2. The minimum Gasteiger partial charge on any atom is -0.454 e. The smallest absolute Gasteiger partial charge is 0.317 e. The van der Waals surface area contributed by atoms with Gasteiger partial charge in [0.25, 0.3) is 0 Å². The van der Waals surface area contributed by atoms with Gasteiger partial charge in [0, 0.05) is 31.5 Å². The number of aromatic amines is 1. The number of fused-ring (bicyclic) bond motifs is 1. The maximum atomic E-state index is 12.6. The molecule has 142 valence electrons. The van der Waals surface area contributed by atoms with Crippen LogP contribution in [0.25, 0.3) is 0 Å². The molecule has 1 saturated heterocycles. The van der Waals surface area contributed by atoms with E-state index in [0.717, 1.165) is 48.1 Å². The molecule has 1 aromatic heterocycles. The lowest BCUT2D eigenvalue weighted by Gasteiger charge is -2.31. The predicted octanol–water partition coefficient (Wildman–Crippen LogP) is 2.50. The molecule has 2 N–H and O–H groups in total. The van der Waals surface area contributed by atoms with Crippen LogP contribution in [0.5, 0.6) is 11.5 Å². The number of likely N-dealkylation sites (tertiary alicyclic amines) is 1. The number of ether oxygens (including phenoxy) is 2. The fourth-order valence-electron chi connectivity index (χ4n) is 3.72. The van der Waals surface area contributed by atoms with Gasteiger partial charge in [-0.25, -0.2) is 9.78 Å². The van der Waals surface area contributed by atoms with Gasteiger partial charge in [-0.3, -0.25) is 5.10 Å². The van der Waals surface area contributed by atoms with Crippen molar-refractivity contribution >= 4 is 6.03 Å². The standard InChI is InChI=1S/C19H23N5O3/c25-19(20-9-12-3-6-15-16(8-12)27-11-26-15)24-7-1-2-14(10-24)18-21-17(22-23-18)13-4-5-13/h3,6,8,13-14H,1-2,4-5,7,9-11H2,(H,20,25)(H,21,22,23)/t14-/m1/s1. The second kappa shape index (κ2) is 6.75. The average Bonchev–Trinajstić information content (AvgIpc) is 3.25. The highest BCUT2D eigenvalue weighted by atomic mass is 16.7. The monoisotopic (exact) mass is 369 g/mol. The van der Waals surface area contributed by atoms with E-state index >= 15 is 0 Å². The number of carbonyl (C=O) groups excluding carboxylic acids is 1. The van der Waals surface area contributed by atoms with Crippen molar-refractivity contribution in [1.29, 1.82) is 0 Å². The molecule has 0 spiro atoms. The zero-order valence-corrected chi connectivity index (χ0v) is 15.1. The molecule has 8 heteroatoms. The molecule has 2 aliphatic heterocycles. The quantitative estimate of drug-likeness (QED) is 0.864. The summed E-state index contributed by atoms with van der Waals surface area (Å²) in [5.74, 6) is 4.12. The third-order valence-electron chi connectivity index (χ3n) is 5.44. The molecule has 27 heavy (non-hydrogen) atoms. The lowest BCUT2D eigenvalue weighted by molar-refractivity contribution is 0.173. The molecule has 2 amide bonds. The summed E-state index contributed by atoms with van der Waals surface area (Å²) >= 11 is 0. The summed E-state index contributed by atoms with van der Waals surface area (Å²) in [7, 11) is 0. The van der Waals surface area contributed by atoms with Crippen molar-refractivity contribution in [1.82, 2.24) is 25.4 Å². The van der Waals surface area contributed by atoms with Gasteiger partial charge < -0.3 is 19.7 Å². The van der Waals surface area contributed by atoms with Crippen LogP contribution in [-0.2, 0) is 6.54 Å². The van der Waals surface area contributed by atoms with E-state index in [0.29, 0.717) is 19.0 Å². The molecule has 3 aliphatic rings. The maximum Gasteiger partial charge on any atom is 0.317 e. The number of piperidine rings is 1. The van der Waals surface area contributed by atoms with Gasteiger partial charge in [-0.05, 0) is 43.4 Å². The minimum atomic E-state index is -0.0460. The number of nitrogens with zero attached hydrogens (tertiary/aromatic N) is 3. The highest BCUT2D eigenvalue weighted by Crippen LogP contribution is 2.38. The Hall–Kier alpha value is -2.77. The van der Waals surface area contributed by atoms with Crippen LogP contribution in [0.1, 0.15) is 54.7 Å². The SMILES string of the molecule is O=C(NCc1ccc2c(c1)OCO2)N1CCC[C@@H](c2n[nH]c(C3CC3)n2)C1. The zero-order chi connectivity index (χ0) is 18.2. The van der Waals surface area contributed by atoms with E-state index in [2.05, 4.69) is 20.5 Å². The Bertz CT molecular complexity index is 848. The Morgan fingerprint density at radius 3 is 3.00 bits per heavy atom. The summed E-state index contributed by atoms with van der Waals surface area (Å²) in [6.45, 7) is 2.14. The van der Waals surface area contributed by atoms with Gasteiger partial charge in [0.15, 0.2) is 17.3 Å². The largest absolute Gasteiger partial charge is 0.454 e. The predicted molar refractivity (Wildman–Crippen MR) is 96.7 cm³/mol. The fourth-order valence-corrected chi connectivity index (χ4v) is 3.72. The van der Waals surface area contributed by atoms with E-state index in [9.17, 15) is 4.79 Å². The van der Waals surface area contributed by atoms with Crippen molar-refractivity contribution in [2.45, 2.75) is 44.1 Å². The second-order valence-corrected chi connectivity index (χ2v) is 7.48. The van der Waals surface area contributed by atoms with Gasteiger partial charge in [0.1, 0.15) is 5.82 Å². The lowest BCUT2D eigenvalue weighted by atomic mass is 9.97. The van der Waals surface area contributed by atoms with Crippen LogP contribution >= 0.6 is 0 Å². The van der Waals surface area contributed by atoms with E-state index in [1.54, 1.807) is 0 Å². The number of nitrogens with one attached hydrogen (secondary N) is 2. The Morgan fingerprint density at radius 2 is 2.11 bits per heavy atom. The van der Waals surface area contributed by atoms with Crippen molar-refractivity contribution in [3.8, 4) is 11.5 Å². The molecular weight excluding hydrogens is 346 g/mol. The van der Waals surface area contributed by atoms with Crippen molar-refractivity contribution in [2.24, 2.45) is 0 Å². The van der Waals surface area contributed by atoms with Gasteiger partial charge in [-0.15, -0.1) is 0 Å². The van der Waals surface area contributed by atoms with Gasteiger partial charge in [-0.1, -0.05) is 6.07 Å². The molecule has 0 bridgehead atoms. The molecule has 0 unspecified atom stereocenters. The van der Waals surface area contributed by atoms with Crippen molar-refractivity contribution in [3.63, 3.8) is 0 Å². The third kappa shape index (κ3) is 3.43. The van der Waals surface area contributed by atoms with Crippen molar-refractivity contribution in [3.05, 3.63) is 35.4 Å². The molecule has 5 rings (SSSR count). The molecule has 1 aromatic carbocycles. The van der Waals surface area contributed by atoms with Crippen LogP contribution in [-0.4, -0.2) is 46.0 Å². The number of hydrogen-bond donors (Lipinski definition) is 2. The highest BCUT2D eigenvalue weighted by Gasteiger charge is 2.31. The Labute approximate surface area is 157 Å². The summed E-state index contributed by atoms with van der Waals surface area (Å²) in [6.07, 6.45) is 4.39. The average molecular weight is 369 g/mol. The number of H-pyrrole nitrogens is 1. The second-order valence-electron chi connectivity index (χ2n) is 7.48. The van der Waals surface area contributed by atoms with E-state index in [-0.39, 0.29) is 18.7 Å². The summed E-state index contributed by atoms with van der Waals surface area (Å²) in [5, 5.41) is 10.5. The topological polar surface area (TPSA) is 92.4 Å². The van der Waals surface area contributed by atoms with E-state index in [4.69, 9.17) is 9.47 Å². The third-order valence-corrected chi connectivity index (χ3v) is 5.44. The first-order chi connectivity index (χ1) is 13.3. The molecule has 1 atom stereocenters. The zero-order valence-electron chi connectivity index (χ0n) is 15.1. The first kappa shape index (κ1) is 16.4. The molecule has 1 aliphatic carbocycles. The van der Waals surface area contributed by atoms with Crippen LogP contribution < -0.4 is 14.8 Å². The number of urea groups is 1. The molecule has 1 saturated carbocycles. The Morgan fingerprint density at radius 1 is 1.22 bits per heavy atom. The molecule has 0 radical (unpaired) electrons. The summed E-state index contributed by atoms with van der Waals surface area (Å²) in [5.41, 5.74) is 0.990. The number of amides is 2.